The smallest absolute Gasteiger partial charge is 0.317 e. The number of carbonyl (C=O) groups is 2. The molecule has 1 aromatic heterocycles. The maximum absolute atomic E-state index is 12.6. The second kappa shape index (κ2) is 7.59. The van der Waals surface area contributed by atoms with Crippen LogP contribution in [-0.4, -0.2) is 47.2 Å². The fourth-order valence-electron chi connectivity index (χ4n) is 3.45. The van der Waals surface area contributed by atoms with Crippen LogP contribution in [0.5, 0.6) is 5.88 Å². The van der Waals surface area contributed by atoms with Gasteiger partial charge in [-0.15, -0.1) is 0 Å². The van der Waals surface area contributed by atoms with Gasteiger partial charge in [-0.05, 0) is 24.0 Å². The number of aliphatic carboxylic acids is 1. The van der Waals surface area contributed by atoms with Gasteiger partial charge >= 0.3 is 12.0 Å². The number of carboxylic acid groups (broad SMARTS) is 1. The minimum atomic E-state index is -0.848. The van der Waals surface area contributed by atoms with Crippen molar-refractivity contribution < 1.29 is 19.4 Å². The first kappa shape index (κ1) is 18.0. The van der Waals surface area contributed by atoms with Gasteiger partial charge in [0.25, 0.3) is 0 Å². The molecule has 138 valence electrons. The molecule has 1 fully saturated rings. The molecule has 7 nitrogen and oxygen atoms in total. The Balaban J connectivity index is 1.73. The summed E-state index contributed by atoms with van der Waals surface area (Å²) in [6.07, 6.45) is 0.602. The third-order valence-electron chi connectivity index (χ3n) is 4.71. The zero-order valence-corrected chi connectivity index (χ0v) is 14.9. The number of piperidine rings is 1. The molecule has 1 aliphatic rings. The number of hydrogen-bond donors (Lipinski definition) is 2. The number of carboxylic acids is 1. The molecule has 26 heavy (non-hydrogen) atoms. The first-order valence-electron chi connectivity index (χ1n) is 8.66. The average Bonchev–Trinajstić information content (AvgIpc) is 2.64. The van der Waals surface area contributed by atoms with Gasteiger partial charge in [0, 0.05) is 31.1 Å². The molecule has 1 aromatic carbocycles. The Bertz CT molecular complexity index is 824. The first-order chi connectivity index (χ1) is 12.5. The standard InChI is InChI=1S/C19H23N3O4/c1-12-7-14(18(23)24)11-22(10-12)19(25)20-9-13-8-17(26-2)21-16-6-4-3-5-15(13)16/h3-6,8,12,14H,7,9-11H2,1-2H3,(H,20,25)(H,23,24). The van der Waals surface area contributed by atoms with E-state index in [4.69, 9.17) is 4.74 Å². The lowest BCUT2D eigenvalue weighted by Crippen LogP contribution is -2.49. The van der Waals surface area contributed by atoms with Gasteiger partial charge in [-0.3, -0.25) is 4.79 Å². The fraction of sp³-hybridized carbons (Fsp3) is 0.421. The predicted octanol–water partition coefficient (Wildman–Crippen LogP) is 2.50. The number of ether oxygens (including phenoxy) is 1. The Labute approximate surface area is 152 Å². The topological polar surface area (TPSA) is 91.8 Å². The van der Waals surface area contributed by atoms with Crippen molar-refractivity contribution in [1.29, 1.82) is 0 Å². The highest BCUT2D eigenvalue weighted by molar-refractivity contribution is 5.83. The first-order valence-corrected chi connectivity index (χ1v) is 8.66. The van der Waals surface area contributed by atoms with E-state index in [1.54, 1.807) is 12.0 Å². The zero-order chi connectivity index (χ0) is 18.7. The molecular weight excluding hydrogens is 334 g/mol. The third kappa shape index (κ3) is 3.87. The lowest BCUT2D eigenvalue weighted by atomic mass is 9.91. The number of likely N-dealkylation sites (tertiary alicyclic amines) is 1. The van der Waals surface area contributed by atoms with Gasteiger partial charge in [0.2, 0.25) is 5.88 Å². The van der Waals surface area contributed by atoms with E-state index in [1.807, 2.05) is 37.3 Å². The maximum atomic E-state index is 12.6. The summed E-state index contributed by atoms with van der Waals surface area (Å²) in [5, 5.41) is 13.1. The summed E-state index contributed by atoms with van der Waals surface area (Å²) in [5.41, 5.74) is 1.70. The van der Waals surface area contributed by atoms with Gasteiger partial charge in [-0.2, -0.15) is 0 Å². The summed E-state index contributed by atoms with van der Waals surface area (Å²) in [6, 6.07) is 9.23. The quantitative estimate of drug-likeness (QED) is 0.877. The summed E-state index contributed by atoms with van der Waals surface area (Å²) >= 11 is 0. The van der Waals surface area contributed by atoms with Gasteiger partial charge in [-0.1, -0.05) is 25.1 Å². The molecule has 0 spiro atoms. The predicted molar refractivity (Wildman–Crippen MR) is 97.0 cm³/mol. The molecule has 0 bridgehead atoms. The van der Waals surface area contributed by atoms with Crippen molar-refractivity contribution >= 4 is 22.9 Å². The van der Waals surface area contributed by atoms with E-state index in [-0.39, 0.29) is 18.5 Å². The Kier molecular flexibility index (Phi) is 5.25. The van der Waals surface area contributed by atoms with E-state index in [0.29, 0.717) is 25.4 Å². The number of nitrogens with one attached hydrogen (secondary N) is 1. The van der Waals surface area contributed by atoms with Crippen LogP contribution in [0.1, 0.15) is 18.9 Å². The lowest BCUT2D eigenvalue weighted by molar-refractivity contribution is -0.143. The molecular formula is C19H23N3O4. The highest BCUT2D eigenvalue weighted by atomic mass is 16.5. The number of carbonyl (C=O) groups excluding carboxylic acids is 1. The number of methoxy groups -OCH3 is 1. The van der Waals surface area contributed by atoms with Crippen LogP contribution in [0.15, 0.2) is 30.3 Å². The van der Waals surface area contributed by atoms with Crippen LogP contribution in [0.25, 0.3) is 10.9 Å². The van der Waals surface area contributed by atoms with Crippen LogP contribution in [0.4, 0.5) is 4.79 Å². The summed E-state index contributed by atoms with van der Waals surface area (Å²) in [5.74, 6) is -0.700. The van der Waals surface area contributed by atoms with Crippen molar-refractivity contribution in [2.75, 3.05) is 20.2 Å². The number of fused-ring (bicyclic) bond motifs is 1. The Morgan fingerprint density at radius 3 is 2.85 bits per heavy atom. The van der Waals surface area contributed by atoms with Crippen LogP contribution in [-0.2, 0) is 11.3 Å². The van der Waals surface area contributed by atoms with Gasteiger partial charge < -0.3 is 20.1 Å². The number of rotatable bonds is 4. The van der Waals surface area contributed by atoms with Crippen molar-refractivity contribution in [2.24, 2.45) is 11.8 Å². The molecule has 7 heteroatoms. The molecule has 0 aliphatic carbocycles. The number of pyridine rings is 1. The summed E-state index contributed by atoms with van der Waals surface area (Å²) in [7, 11) is 1.56. The van der Waals surface area contributed by atoms with Gasteiger partial charge in [0.15, 0.2) is 0 Å². The van der Waals surface area contributed by atoms with E-state index < -0.39 is 11.9 Å². The minimum Gasteiger partial charge on any atom is -0.481 e. The summed E-state index contributed by atoms with van der Waals surface area (Å²) < 4.78 is 5.24. The summed E-state index contributed by atoms with van der Waals surface area (Å²) in [4.78, 5) is 29.8. The molecule has 3 rings (SSSR count). The largest absolute Gasteiger partial charge is 0.481 e. The molecule has 0 saturated carbocycles. The second-order valence-electron chi connectivity index (χ2n) is 6.78. The van der Waals surface area contributed by atoms with Gasteiger partial charge in [0.05, 0.1) is 18.5 Å². The van der Waals surface area contributed by atoms with Crippen LogP contribution in [0.3, 0.4) is 0 Å². The number of aromatic nitrogens is 1. The second-order valence-corrected chi connectivity index (χ2v) is 6.78. The summed E-state index contributed by atoms with van der Waals surface area (Å²) in [6.45, 7) is 3.10. The fourth-order valence-corrected chi connectivity index (χ4v) is 3.45. The van der Waals surface area contributed by atoms with Crippen LogP contribution in [0.2, 0.25) is 0 Å². The van der Waals surface area contributed by atoms with Crippen molar-refractivity contribution in [3.8, 4) is 5.88 Å². The molecule has 1 aliphatic heterocycles. The number of hydrogen-bond acceptors (Lipinski definition) is 4. The molecule has 0 radical (unpaired) electrons. The molecule has 1 saturated heterocycles. The lowest BCUT2D eigenvalue weighted by Gasteiger charge is -2.34. The Hall–Kier alpha value is -2.83. The number of nitrogens with zero attached hydrogens (tertiary/aromatic N) is 2. The van der Waals surface area contributed by atoms with E-state index in [1.165, 1.54) is 0 Å². The molecule has 2 N–H and O–H groups in total. The third-order valence-corrected chi connectivity index (χ3v) is 4.71. The van der Waals surface area contributed by atoms with E-state index in [2.05, 4.69) is 10.3 Å². The molecule has 2 heterocycles. The van der Waals surface area contributed by atoms with Gasteiger partial charge in [-0.25, -0.2) is 9.78 Å². The zero-order valence-electron chi connectivity index (χ0n) is 14.9. The Morgan fingerprint density at radius 2 is 2.12 bits per heavy atom. The number of amides is 2. The highest BCUT2D eigenvalue weighted by Crippen LogP contribution is 2.23. The minimum absolute atomic E-state index is 0.164. The van der Waals surface area contributed by atoms with Crippen molar-refractivity contribution in [2.45, 2.75) is 19.9 Å². The van der Waals surface area contributed by atoms with E-state index in [0.717, 1.165) is 16.5 Å². The van der Waals surface area contributed by atoms with Gasteiger partial charge in [0.1, 0.15) is 0 Å². The van der Waals surface area contributed by atoms with E-state index in [9.17, 15) is 14.7 Å². The van der Waals surface area contributed by atoms with Crippen LogP contribution in [0, 0.1) is 11.8 Å². The average molecular weight is 357 g/mol. The van der Waals surface area contributed by atoms with Crippen molar-refractivity contribution in [1.82, 2.24) is 15.2 Å². The Morgan fingerprint density at radius 1 is 1.35 bits per heavy atom. The molecule has 2 aromatic rings. The van der Waals surface area contributed by atoms with E-state index >= 15 is 0 Å². The number of para-hydroxylation sites is 1. The van der Waals surface area contributed by atoms with Crippen molar-refractivity contribution in [3.05, 3.63) is 35.9 Å². The maximum Gasteiger partial charge on any atom is 0.317 e. The molecule has 2 amide bonds. The monoisotopic (exact) mass is 357 g/mol. The highest BCUT2D eigenvalue weighted by Gasteiger charge is 2.31. The molecule has 2 unspecified atom stereocenters. The number of benzene rings is 1. The van der Waals surface area contributed by atoms with Crippen LogP contribution >= 0.6 is 0 Å². The SMILES string of the molecule is COc1cc(CNC(=O)N2CC(C)CC(C(=O)O)C2)c2ccccc2n1. The number of urea groups is 1. The van der Waals surface area contributed by atoms with Crippen LogP contribution < -0.4 is 10.1 Å². The molecule has 2 atom stereocenters. The van der Waals surface area contributed by atoms with Crippen molar-refractivity contribution in [3.63, 3.8) is 0 Å². The normalized spacial score (nSPS) is 20.0.